The molecule has 1 saturated carbocycles. The van der Waals surface area contributed by atoms with Gasteiger partial charge in [0, 0.05) is 29.1 Å². The minimum Gasteiger partial charge on any atom is -0.508 e. The van der Waals surface area contributed by atoms with Crippen molar-refractivity contribution in [2.75, 3.05) is 32.2 Å². The van der Waals surface area contributed by atoms with Crippen molar-refractivity contribution >= 4 is 22.6 Å². The second-order valence-electron chi connectivity index (χ2n) is 17.5. The van der Waals surface area contributed by atoms with Crippen LogP contribution in [0.5, 0.6) is 5.75 Å². The van der Waals surface area contributed by atoms with Crippen LogP contribution in [0.1, 0.15) is 37.0 Å². The number of phenols is 1. The summed E-state index contributed by atoms with van der Waals surface area (Å²) in [5, 5.41) is 117. The monoisotopic (exact) mass is 922 g/mol. The lowest BCUT2D eigenvalue weighted by molar-refractivity contribution is -0.377. The number of phenolic OH excluding ortho intramolecular Hbond substituents is 1. The molecule has 0 aromatic heterocycles. The molecule has 7 fully saturated rings. The quantitative estimate of drug-likeness (QED) is 0.0975. The molecule has 6 heterocycles. The second-order valence-corrected chi connectivity index (χ2v) is 19.2. The molecular weight excluding hydrogens is 868 g/mol. The number of aliphatic hydroxyl groups excluding tert-OH is 8. The van der Waals surface area contributed by atoms with Crippen LogP contribution in [0.25, 0.3) is 0 Å². The van der Waals surface area contributed by atoms with Gasteiger partial charge in [0.2, 0.25) is 11.6 Å². The molecule has 23 atom stereocenters. The van der Waals surface area contributed by atoms with Crippen LogP contribution in [0.15, 0.2) is 24.3 Å². The van der Waals surface area contributed by atoms with Crippen molar-refractivity contribution in [2.24, 2.45) is 11.8 Å². The number of Topliss-reactive ketones (excluding diaryl/α,β-unsaturated/α-hetero) is 1. The molecule has 24 heteroatoms. The Hall–Kier alpha value is -2.41. The first-order chi connectivity index (χ1) is 29.8. The third kappa shape index (κ3) is 8.06. The number of ketones is 1. The van der Waals surface area contributed by atoms with Gasteiger partial charge < -0.3 is 98.8 Å². The molecule has 6 aliphatic heterocycles. The summed E-state index contributed by atoms with van der Waals surface area (Å²) in [6.45, 7) is 0.601. The number of hydrogen-bond acceptors (Lipinski definition) is 23. The van der Waals surface area contributed by atoms with Gasteiger partial charge in [0.15, 0.2) is 24.5 Å². The van der Waals surface area contributed by atoms with Crippen LogP contribution >= 0.6 is 0 Å². The summed E-state index contributed by atoms with van der Waals surface area (Å²) >= 11 is 0. The van der Waals surface area contributed by atoms with E-state index < -0.39 is 175 Å². The fraction of sp³-hybridized carbons (Fsp3) is 0.795. The molecule has 1 aliphatic carbocycles. The van der Waals surface area contributed by atoms with Crippen molar-refractivity contribution in [3.63, 3.8) is 0 Å². The van der Waals surface area contributed by atoms with Crippen molar-refractivity contribution in [2.45, 2.75) is 147 Å². The number of carbonyl (C=O) groups is 2. The Labute approximate surface area is 361 Å². The van der Waals surface area contributed by atoms with Crippen molar-refractivity contribution in [1.82, 2.24) is 0 Å². The maximum atomic E-state index is 14.2. The lowest BCUT2D eigenvalue weighted by Crippen LogP contribution is -2.66. The maximum Gasteiger partial charge on any atom is 0.338 e. The standard InChI is InChI=1S/C39H54O23S/c1-14-10-55-38(8-19(14)57-32(49)16-3-5-17(42)6-4-16)36(50)39(52)22(43)7-18-21(11-63(53)29(18)31(39)62-38)59-34-28(25(46)23(44)15(2)56-34)61-33-26(47)27(24(45)20(9-40)58-33)60-35-30(48)37(51,12-41)13-54-35/h3-6,14-15,18-31,33-35,40-48,51-52H,7-13H2,1-2H3. The molecule has 354 valence electrons. The number of carbonyl (C=O) groups excluding carboxylic acids is 2. The number of fused-ring (bicyclic) bond motifs is 3. The first-order valence-corrected chi connectivity index (χ1v) is 22.0. The zero-order valence-corrected chi connectivity index (χ0v) is 34.8. The van der Waals surface area contributed by atoms with E-state index in [9.17, 15) is 70.0 Å². The SMILES string of the molecule is CC1COC2(CC1OC(=O)c1ccc(O)cc1)OC1C3C(CC(O)C1(O)C2=O)C(OC1OC(C)C(O)C(O)C1OC1OC(CO)C(O)C(OC2OCC(O)(CO)C2O)C1O)CS3=O. The Morgan fingerprint density at radius 3 is 2.24 bits per heavy atom. The summed E-state index contributed by atoms with van der Waals surface area (Å²) in [4.78, 5) is 27.3. The highest BCUT2D eigenvalue weighted by Crippen LogP contribution is 2.53. The molecule has 6 saturated heterocycles. The highest BCUT2D eigenvalue weighted by Gasteiger charge is 2.75. The summed E-state index contributed by atoms with van der Waals surface area (Å²) in [6.07, 6.45) is -26.6. The van der Waals surface area contributed by atoms with Crippen molar-refractivity contribution < 1.29 is 113 Å². The summed E-state index contributed by atoms with van der Waals surface area (Å²) in [6, 6.07) is 5.30. The van der Waals surface area contributed by atoms with E-state index in [4.69, 9.17) is 42.6 Å². The molecule has 0 bridgehead atoms. The van der Waals surface area contributed by atoms with Crippen LogP contribution in [0.2, 0.25) is 0 Å². The minimum absolute atomic E-state index is 0.0723. The van der Waals surface area contributed by atoms with Gasteiger partial charge in [-0.25, -0.2) is 4.79 Å². The third-order valence-corrected chi connectivity index (χ3v) is 15.3. The van der Waals surface area contributed by atoms with Crippen molar-refractivity contribution in [3.8, 4) is 5.75 Å². The van der Waals surface area contributed by atoms with E-state index in [1.54, 1.807) is 6.92 Å². The Bertz CT molecular complexity index is 1860. The molecule has 23 unspecified atom stereocenters. The average Bonchev–Trinajstić information content (AvgIpc) is 3.80. The summed E-state index contributed by atoms with van der Waals surface area (Å²) in [7, 11) is -1.93. The highest BCUT2D eigenvalue weighted by atomic mass is 32.2. The van der Waals surface area contributed by atoms with Gasteiger partial charge in [-0.15, -0.1) is 0 Å². The molecule has 7 aliphatic rings. The lowest BCUT2D eigenvalue weighted by atomic mass is 9.70. The Balaban J connectivity index is 0.994. The van der Waals surface area contributed by atoms with E-state index in [1.807, 2.05) is 0 Å². The Kier molecular flexibility index (Phi) is 13.2. The zero-order valence-electron chi connectivity index (χ0n) is 34.0. The van der Waals surface area contributed by atoms with Crippen LogP contribution in [0, 0.1) is 11.8 Å². The number of ether oxygens (including phenoxy) is 9. The highest BCUT2D eigenvalue weighted by molar-refractivity contribution is 7.86. The van der Waals surface area contributed by atoms with Gasteiger partial charge in [-0.3, -0.25) is 9.00 Å². The predicted molar refractivity (Wildman–Crippen MR) is 202 cm³/mol. The van der Waals surface area contributed by atoms with Crippen molar-refractivity contribution in [3.05, 3.63) is 29.8 Å². The van der Waals surface area contributed by atoms with Crippen LogP contribution in [0.3, 0.4) is 0 Å². The van der Waals surface area contributed by atoms with Gasteiger partial charge >= 0.3 is 5.97 Å². The van der Waals surface area contributed by atoms with Crippen LogP contribution in [-0.4, -0.2) is 225 Å². The zero-order chi connectivity index (χ0) is 45.5. The molecule has 11 N–H and O–H groups in total. The fourth-order valence-electron chi connectivity index (χ4n) is 9.54. The topological polar surface area (TPSA) is 357 Å². The number of aliphatic hydroxyl groups is 10. The molecule has 8 rings (SSSR count). The van der Waals surface area contributed by atoms with Gasteiger partial charge in [0.25, 0.3) is 0 Å². The van der Waals surface area contributed by atoms with Crippen LogP contribution < -0.4 is 0 Å². The smallest absolute Gasteiger partial charge is 0.338 e. The van der Waals surface area contributed by atoms with E-state index in [0.717, 1.165) is 0 Å². The van der Waals surface area contributed by atoms with E-state index in [0.29, 0.717) is 0 Å². The molecule has 63 heavy (non-hydrogen) atoms. The van der Waals surface area contributed by atoms with Gasteiger partial charge in [-0.1, -0.05) is 6.92 Å². The fourth-order valence-corrected chi connectivity index (χ4v) is 11.6. The van der Waals surface area contributed by atoms with E-state index >= 15 is 0 Å². The first-order valence-electron chi connectivity index (χ1n) is 20.6. The first kappa shape index (κ1) is 47.1. The molecule has 1 aromatic rings. The van der Waals surface area contributed by atoms with Gasteiger partial charge in [0.1, 0.15) is 72.4 Å². The molecule has 0 amide bonds. The number of rotatable bonds is 10. The maximum absolute atomic E-state index is 14.2. The van der Waals surface area contributed by atoms with Gasteiger partial charge in [-0.05, 0) is 37.6 Å². The molecule has 1 aromatic carbocycles. The predicted octanol–water partition coefficient (Wildman–Crippen LogP) is -5.62. The van der Waals surface area contributed by atoms with Gasteiger partial charge in [-0.2, -0.15) is 0 Å². The number of hydrogen-bond donors (Lipinski definition) is 11. The Morgan fingerprint density at radius 2 is 1.57 bits per heavy atom. The average molecular weight is 923 g/mol. The molecule has 23 nitrogen and oxygen atoms in total. The molecule has 0 radical (unpaired) electrons. The van der Waals surface area contributed by atoms with Crippen molar-refractivity contribution in [1.29, 1.82) is 0 Å². The second kappa shape index (κ2) is 17.7. The lowest BCUT2D eigenvalue weighted by Gasteiger charge is -2.47. The largest absolute Gasteiger partial charge is 0.508 e. The normalized spacial score (nSPS) is 51.0. The van der Waals surface area contributed by atoms with Crippen LogP contribution in [-0.2, 0) is 58.2 Å². The summed E-state index contributed by atoms with van der Waals surface area (Å²) in [5.41, 5.74) is -4.63. The van der Waals surface area contributed by atoms with Gasteiger partial charge in [0.05, 0.1) is 61.3 Å². The molecular formula is C39H54O23S. The third-order valence-electron chi connectivity index (χ3n) is 13.4. The minimum atomic E-state index is -2.61. The Morgan fingerprint density at radius 1 is 0.873 bits per heavy atom. The van der Waals surface area contributed by atoms with Crippen LogP contribution in [0.4, 0.5) is 0 Å². The number of benzene rings is 1. The van der Waals surface area contributed by atoms with E-state index in [-0.39, 0.29) is 36.5 Å². The molecule has 1 spiro atoms. The summed E-state index contributed by atoms with van der Waals surface area (Å²) in [5.74, 6) is -5.73. The number of esters is 1. The summed E-state index contributed by atoms with van der Waals surface area (Å²) < 4.78 is 66.7. The van der Waals surface area contributed by atoms with E-state index in [1.165, 1.54) is 31.2 Å². The number of aromatic hydroxyl groups is 1. The van der Waals surface area contributed by atoms with E-state index in [2.05, 4.69) is 0 Å².